The van der Waals surface area contributed by atoms with E-state index in [0.29, 0.717) is 40.7 Å². The summed E-state index contributed by atoms with van der Waals surface area (Å²) in [6.45, 7) is 5.49. The Kier molecular flexibility index (Phi) is 7.17. The van der Waals surface area contributed by atoms with Crippen LogP contribution in [0.1, 0.15) is 78.1 Å². The van der Waals surface area contributed by atoms with Gasteiger partial charge in [0.2, 0.25) is 0 Å². The second-order valence-electron chi connectivity index (χ2n) is 13.9. The van der Waals surface area contributed by atoms with Gasteiger partial charge in [0, 0.05) is 19.6 Å². The summed E-state index contributed by atoms with van der Waals surface area (Å²) in [5.41, 5.74) is 1.18. The summed E-state index contributed by atoms with van der Waals surface area (Å²) < 4.78 is 18.3. The van der Waals surface area contributed by atoms with Crippen molar-refractivity contribution in [2.45, 2.75) is 90.2 Å². The molecule has 8 atom stereocenters. The first-order valence-electron chi connectivity index (χ1n) is 15.4. The van der Waals surface area contributed by atoms with Crippen LogP contribution in [-0.4, -0.2) is 59.4 Å². The van der Waals surface area contributed by atoms with Gasteiger partial charge >= 0.3 is 0 Å². The summed E-state index contributed by atoms with van der Waals surface area (Å²) in [6, 6.07) is 3.76. The lowest BCUT2D eigenvalue weighted by atomic mass is 9.42. The smallest absolute Gasteiger partial charge is 0.190 e. The SMILES string of the molecule is COCC[C@]12CC[C@@](C)(O)C[C@@H]1CC[C@H]1[C@@H]3CC[C@H](C(=O)Cn4nnc5c(OC)c(OC)ccc54)[C@@]3(C)CC[C@@H]12. The van der Waals surface area contributed by atoms with E-state index in [4.69, 9.17) is 14.2 Å². The summed E-state index contributed by atoms with van der Waals surface area (Å²) >= 11 is 0. The maximum Gasteiger partial charge on any atom is 0.190 e. The number of nitrogens with zero attached hydrogens (tertiary/aromatic N) is 3. The number of carbonyl (C=O) groups is 1. The predicted molar refractivity (Wildman–Crippen MR) is 152 cm³/mol. The first-order valence-corrected chi connectivity index (χ1v) is 15.4. The van der Waals surface area contributed by atoms with Gasteiger partial charge < -0.3 is 19.3 Å². The third-order valence-electron chi connectivity index (χ3n) is 12.1. The maximum absolute atomic E-state index is 14.0. The molecule has 0 aliphatic heterocycles. The number of rotatable bonds is 8. The van der Waals surface area contributed by atoms with Crippen LogP contribution in [0.25, 0.3) is 11.0 Å². The normalized spacial score (nSPS) is 38.9. The van der Waals surface area contributed by atoms with Gasteiger partial charge in [0.1, 0.15) is 6.54 Å². The van der Waals surface area contributed by atoms with Crippen molar-refractivity contribution in [3.05, 3.63) is 12.1 Å². The van der Waals surface area contributed by atoms with Crippen LogP contribution in [-0.2, 0) is 16.1 Å². The van der Waals surface area contributed by atoms with Crippen molar-refractivity contribution in [2.75, 3.05) is 27.9 Å². The second-order valence-corrected chi connectivity index (χ2v) is 13.9. The molecule has 1 heterocycles. The van der Waals surface area contributed by atoms with Gasteiger partial charge in [-0.25, -0.2) is 4.68 Å². The fourth-order valence-corrected chi connectivity index (χ4v) is 10.3. The highest BCUT2D eigenvalue weighted by atomic mass is 16.5. The molecule has 0 unspecified atom stereocenters. The van der Waals surface area contributed by atoms with E-state index in [2.05, 4.69) is 17.2 Å². The summed E-state index contributed by atoms with van der Waals surface area (Å²) in [5, 5.41) is 19.7. The number of ether oxygens (including phenoxy) is 3. The zero-order valence-electron chi connectivity index (χ0n) is 24.9. The van der Waals surface area contributed by atoms with Crippen molar-refractivity contribution in [3.63, 3.8) is 0 Å². The number of hydrogen-bond acceptors (Lipinski definition) is 7. The Labute approximate surface area is 238 Å². The van der Waals surface area contributed by atoms with Crippen molar-refractivity contribution < 1.29 is 24.1 Å². The van der Waals surface area contributed by atoms with Crippen LogP contribution in [0.4, 0.5) is 0 Å². The lowest BCUT2D eigenvalue weighted by Crippen LogP contribution is -2.57. The Hall–Kier alpha value is -2.19. The van der Waals surface area contributed by atoms with Crippen molar-refractivity contribution in [1.29, 1.82) is 0 Å². The summed E-state index contributed by atoms with van der Waals surface area (Å²) in [7, 11) is 5.02. The number of aliphatic hydroxyl groups is 1. The van der Waals surface area contributed by atoms with E-state index >= 15 is 0 Å². The highest BCUT2D eigenvalue weighted by molar-refractivity contribution is 5.87. The Bertz CT molecular complexity index is 1260. The number of fused-ring (bicyclic) bond motifs is 6. The van der Waals surface area contributed by atoms with Crippen LogP contribution in [0.15, 0.2) is 12.1 Å². The second kappa shape index (κ2) is 10.3. The van der Waals surface area contributed by atoms with Gasteiger partial charge in [-0.15, -0.1) is 5.10 Å². The number of benzene rings is 1. The number of ketones is 1. The van der Waals surface area contributed by atoms with E-state index in [1.165, 1.54) is 19.3 Å². The minimum Gasteiger partial charge on any atom is -0.493 e. The summed E-state index contributed by atoms with van der Waals surface area (Å²) in [4.78, 5) is 14.0. The Morgan fingerprint density at radius 2 is 1.85 bits per heavy atom. The lowest BCUT2D eigenvalue weighted by Gasteiger charge is -2.63. The number of aromatic nitrogens is 3. The number of Topliss-reactive ketones (excluding diaryl/α,β-unsaturated/α-hetero) is 1. The molecule has 0 bridgehead atoms. The quantitative estimate of drug-likeness (QED) is 0.465. The molecule has 220 valence electrons. The van der Waals surface area contributed by atoms with Gasteiger partial charge in [-0.2, -0.15) is 0 Å². The number of carbonyl (C=O) groups excluding carboxylic acids is 1. The third kappa shape index (κ3) is 4.27. The molecule has 1 aromatic carbocycles. The largest absolute Gasteiger partial charge is 0.493 e. The van der Waals surface area contributed by atoms with E-state index in [0.717, 1.165) is 57.1 Å². The molecule has 8 heteroatoms. The lowest BCUT2D eigenvalue weighted by molar-refractivity contribution is -0.163. The molecular weight excluding hydrogens is 506 g/mol. The van der Waals surface area contributed by atoms with Gasteiger partial charge in [-0.05, 0) is 118 Å². The molecule has 4 aliphatic carbocycles. The maximum atomic E-state index is 14.0. The van der Waals surface area contributed by atoms with Gasteiger partial charge in [0.05, 0.1) is 25.3 Å². The van der Waals surface area contributed by atoms with Gasteiger partial charge in [-0.1, -0.05) is 12.1 Å². The van der Waals surface area contributed by atoms with E-state index in [9.17, 15) is 9.90 Å². The van der Waals surface area contributed by atoms with E-state index in [1.54, 1.807) is 18.9 Å². The first-order chi connectivity index (χ1) is 19.2. The molecule has 2 aromatic rings. The monoisotopic (exact) mass is 553 g/mol. The first kappa shape index (κ1) is 28.0. The minimum absolute atomic E-state index is 0.0327. The van der Waals surface area contributed by atoms with Gasteiger partial charge in [0.25, 0.3) is 0 Å². The van der Waals surface area contributed by atoms with Gasteiger partial charge in [-0.3, -0.25) is 4.79 Å². The fraction of sp³-hybridized carbons (Fsp3) is 0.781. The molecule has 0 radical (unpaired) electrons. The molecule has 4 saturated carbocycles. The van der Waals surface area contributed by atoms with Crippen molar-refractivity contribution >= 4 is 16.8 Å². The molecule has 1 aromatic heterocycles. The molecular formula is C32H47N3O5. The van der Waals surface area contributed by atoms with Crippen molar-refractivity contribution in [2.24, 2.45) is 40.4 Å². The molecule has 0 amide bonds. The van der Waals surface area contributed by atoms with E-state index < -0.39 is 5.60 Å². The molecule has 1 N–H and O–H groups in total. The number of methoxy groups -OCH3 is 3. The third-order valence-corrected chi connectivity index (χ3v) is 12.1. The molecule has 0 spiro atoms. The van der Waals surface area contributed by atoms with Crippen LogP contribution < -0.4 is 9.47 Å². The molecule has 4 aliphatic rings. The molecule has 4 fully saturated rings. The van der Waals surface area contributed by atoms with Crippen LogP contribution in [0.3, 0.4) is 0 Å². The van der Waals surface area contributed by atoms with Crippen molar-refractivity contribution in [3.8, 4) is 11.5 Å². The van der Waals surface area contributed by atoms with Gasteiger partial charge in [0.15, 0.2) is 22.8 Å². The fourth-order valence-electron chi connectivity index (χ4n) is 10.3. The van der Waals surface area contributed by atoms with Crippen LogP contribution in [0.5, 0.6) is 11.5 Å². The van der Waals surface area contributed by atoms with Crippen LogP contribution in [0, 0.1) is 40.4 Å². The van der Waals surface area contributed by atoms with E-state index in [1.807, 2.05) is 26.2 Å². The highest BCUT2D eigenvalue weighted by Gasteiger charge is 2.62. The summed E-state index contributed by atoms with van der Waals surface area (Å²) in [6.07, 6.45) is 10.9. The molecule has 6 rings (SSSR count). The predicted octanol–water partition coefficient (Wildman–Crippen LogP) is 5.44. The number of hydrogen-bond donors (Lipinski definition) is 1. The molecule has 8 nitrogen and oxygen atoms in total. The topological polar surface area (TPSA) is 95.7 Å². The summed E-state index contributed by atoms with van der Waals surface area (Å²) in [5.74, 6) is 3.98. The average Bonchev–Trinajstić information content (AvgIpc) is 3.51. The average molecular weight is 554 g/mol. The van der Waals surface area contributed by atoms with Crippen LogP contribution >= 0.6 is 0 Å². The Morgan fingerprint density at radius 3 is 2.60 bits per heavy atom. The highest BCUT2D eigenvalue weighted by Crippen LogP contribution is 2.69. The minimum atomic E-state index is -0.539. The zero-order chi connectivity index (χ0) is 28.3. The van der Waals surface area contributed by atoms with E-state index in [-0.39, 0.29) is 29.1 Å². The Balaban J connectivity index is 1.23. The van der Waals surface area contributed by atoms with Crippen molar-refractivity contribution in [1.82, 2.24) is 15.0 Å². The standard InChI is InChI=1S/C32H47N3O5/c1-30(37)14-15-32(16-17-38-3)20(18-30)6-7-21-22-8-9-24(31(22,2)13-12-23(21)32)26(36)19-35-25-10-11-27(39-4)29(40-5)28(25)33-34-35/h10-11,20-24,37H,6-9,12-19H2,1-5H3/t20-,21-,22-,23-,24+,30+,31-,32+/m0/s1. The molecule has 0 saturated heterocycles. The Morgan fingerprint density at radius 1 is 1.02 bits per heavy atom. The van der Waals surface area contributed by atoms with Crippen LogP contribution in [0.2, 0.25) is 0 Å². The zero-order valence-corrected chi connectivity index (χ0v) is 24.9. The molecule has 40 heavy (non-hydrogen) atoms.